The van der Waals surface area contributed by atoms with Crippen molar-refractivity contribution in [1.29, 1.82) is 0 Å². The molecule has 0 aliphatic carbocycles. The molecule has 1 aromatic rings. The summed E-state index contributed by atoms with van der Waals surface area (Å²) in [5, 5.41) is 0. The van der Waals surface area contributed by atoms with Crippen LogP contribution in [0.2, 0.25) is 0 Å². The molecule has 0 unspecified atom stereocenters. The lowest BCUT2D eigenvalue weighted by atomic mass is 10.2. The molecule has 4 nitrogen and oxygen atoms in total. The van der Waals surface area contributed by atoms with Crippen LogP contribution in [0.15, 0.2) is 18.2 Å². The van der Waals surface area contributed by atoms with Crippen LogP contribution in [-0.4, -0.2) is 6.09 Å². The van der Waals surface area contributed by atoms with Crippen LogP contribution in [0.3, 0.4) is 0 Å². The number of nitrogens with two attached hydrogens (primary N) is 2. The molecule has 0 radical (unpaired) electrons. The lowest BCUT2D eigenvalue weighted by molar-refractivity contribution is 0.210. The average molecular weight is 166 g/mol. The lowest BCUT2D eigenvalue weighted by Crippen LogP contribution is -2.16. The number of benzene rings is 1. The van der Waals surface area contributed by atoms with Crippen molar-refractivity contribution >= 4 is 11.8 Å². The quantitative estimate of drug-likeness (QED) is 0.611. The molecule has 1 rings (SSSR count). The maximum Gasteiger partial charge on any atom is 0.409 e. The molecule has 0 aromatic heterocycles. The van der Waals surface area contributed by atoms with Crippen LogP contribution in [0.5, 0.6) is 5.75 Å². The Morgan fingerprint density at radius 3 is 2.75 bits per heavy atom. The summed E-state index contributed by atoms with van der Waals surface area (Å²) in [5.41, 5.74) is 11.7. The van der Waals surface area contributed by atoms with E-state index in [2.05, 4.69) is 4.74 Å². The number of hydrogen-bond acceptors (Lipinski definition) is 3. The van der Waals surface area contributed by atoms with E-state index in [4.69, 9.17) is 11.5 Å². The Balaban J connectivity index is 2.97. The molecule has 0 heterocycles. The second-order valence-corrected chi connectivity index (χ2v) is 2.45. The van der Waals surface area contributed by atoms with Gasteiger partial charge in [0.25, 0.3) is 0 Å². The van der Waals surface area contributed by atoms with Crippen LogP contribution < -0.4 is 16.2 Å². The predicted molar refractivity (Wildman–Crippen MR) is 45.8 cm³/mol. The number of carbonyl (C=O) groups excluding carboxylic acids is 1. The summed E-state index contributed by atoms with van der Waals surface area (Å²) in [7, 11) is 0. The van der Waals surface area contributed by atoms with Crippen LogP contribution in [0.4, 0.5) is 10.5 Å². The van der Waals surface area contributed by atoms with Crippen molar-refractivity contribution in [2.45, 2.75) is 6.92 Å². The van der Waals surface area contributed by atoms with Gasteiger partial charge in [-0.3, -0.25) is 0 Å². The Morgan fingerprint density at radius 2 is 2.17 bits per heavy atom. The first-order valence-electron chi connectivity index (χ1n) is 3.43. The highest BCUT2D eigenvalue weighted by Gasteiger charge is 2.02. The van der Waals surface area contributed by atoms with E-state index in [-0.39, 0.29) is 0 Å². The van der Waals surface area contributed by atoms with Gasteiger partial charge in [-0.1, -0.05) is 6.07 Å². The summed E-state index contributed by atoms with van der Waals surface area (Å²) in [5.74, 6) is 0.405. The van der Waals surface area contributed by atoms with E-state index in [1.165, 1.54) is 0 Å². The van der Waals surface area contributed by atoms with Crippen molar-refractivity contribution in [2.24, 2.45) is 5.73 Å². The fraction of sp³-hybridized carbons (Fsp3) is 0.125. The number of hydrogen-bond donors (Lipinski definition) is 2. The third kappa shape index (κ3) is 1.88. The summed E-state index contributed by atoms with van der Waals surface area (Å²) in [6.45, 7) is 1.80. The van der Waals surface area contributed by atoms with Gasteiger partial charge in [-0.2, -0.15) is 0 Å². The van der Waals surface area contributed by atoms with Crippen molar-refractivity contribution in [3.8, 4) is 5.75 Å². The molecule has 0 aliphatic rings. The summed E-state index contributed by atoms with van der Waals surface area (Å²) >= 11 is 0. The van der Waals surface area contributed by atoms with Crippen molar-refractivity contribution in [2.75, 3.05) is 5.73 Å². The zero-order valence-electron chi connectivity index (χ0n) is 6.70. The van der Waals surface area contributed by atoms with E-state index >= 15 is 0 Å². The standard InChI is InChI=1S/C8H10N2O2/c1-5-2-3-6(9)4-7(5)12-8(10)11/h2-4H,9H2,1H3,(H2,10,11). The van der Waals surface area contributed by atoms with Gasteiger partial charge in [-0.05, 0) is 18.6 Å². The van der Waals surface area contributed by atoms with Crippen LogP contribution >= 0.6 is 0 Å². The first-order valence-corrected chi connectivity index (χ1v) is 3.43. The molecule has 1 aromatic carbocycles. The molecule has 64 valence electrons. The van der Waals surface area contributed by atoms with Gasteiger partial charge in [0.1, 0.15) is 5.75 Å². The molecule has 1 amide bonds. The Bertz CT molecular complexity index is 310. The first-order chi connectivity index (χ1) is 5.59. The number of carbonyl (C=O) groups is 1. The van der Waals surface area contributed by atoms with E-state index in [1.54, 1.807) is 25.1 Å². The molecule has 0 spiro atoms. The molecule has 0 fully saturated rings. The Kier molecular flexibility index (Phi) is 2.19. The zero-order valence-corrected chi connectivity index (χ0v) is 6.70. The highest BCUT2D eigenvalue weighted by molar-refractivity contribution is 5.69. The second kappa shape index (κ2) is 3.13. The molecule has 0 atom stereocenters. The summed E-state index contributed by atoms with van der Waals surface area (Å²) in [6, 6.07) is 5.04. The third-order valence-electron chi connectivity index (χ3n) is 1.42. The Labute approximate surface area is 70.1 Å². The lowest BCUT2D eigenvalue weighted by Gasteiger charge is -2.04. The molecule has 0 aliphatic heterocycles. The summed E-state index contributed by atoms with van der Waals surface area (Å²) < 4.78 is 4.68. The number of aryl methyl sites for hydroxylation is 1. The number of amides is 1. The van der Waals surface area contributed by atoms with Crippen LogP contribution in [-0.2, 0) is 0 Å². The average Bonchev–Trinajstić information content (AvgIpc) is 1.96. The van der Waals surface area contributed by atoms with E-state index in [0.717, 1.165) is 5.56 Å². The number of rotatable bonds is 1. The third-order valence-corrected chi connectivity index (χ3v) is 1.42. The van der Waals surface area contributed by atoms with E-state index in [1.807, 2.05) is 0 Å². The molecule has 0 saturated heterocycles. The van der Waals surface area contributed by atoms with Crippen molar-refractivity contribution in [3.05, 3.63) is 23.8 Å². The van der Waals surface area contributed by atoms with E-state index < -0.39 is 6.09 Å². The number of anilines is 1. The Morgan fingerprint density at radius 1 is 1.50 bits per heavy atom. The Hall–Kier alpha value is -1.71. The second-order valence-electron chi connectivity index (χ2n) is 2.45. The fourth-order valence-corrected chi connectivity index (χ4v) is 0.835. The van der Waals surface area contributed by atoms with Gasteiger partial charge in [0.2, 0.25) is 0 Å². The number of nitrogen functional groups attached to an aromatic ring is 1. The highest BCUT2D eigenvalue weighted by Crippen LogP contribution is 2.20. The van der Waals surface area contributed by atoms with Crippen molar-refractivity contribution in [1.82, 2.24) is 0 Å². The fourth-order valence-electron chi connectivity index (χ4n) is 0.835. The SMILES string of the molecule is Cc1ccc(N)cc1OC(N)=O. The normalized spacial score (nSPS) is 9.42. The summed E-state index contributed by atoms with van der Waals surface area (Å²) in [6.07, 6.45) is -0.830. The van der Waals surface area contributed by atoms with E-state index in [9.17, 15) is 4.79 Å². The smallest absolute Gasteiger partial charge is 0.409 e. The van der Waals surface area contributed by atoms with Gasteiger partial charge in [0, 0.05) is 11.8 Å². The van der Waals surface area contributed by atoms with Crippen molar-refractivity contribution < 1.29 is 9.53 Å². The van der Waals surface area contributed by atoms with E-state index in [0.29, 0.717) is 11.4 Å². The minimum absolute atomic E-state index is 0.405. The zero-order chi connectivity index (χ0) is 9.14. The minimum atomic E-state index is -0.830. The van der Waals surface area contributed by atoms with Crippen molar-refractivity contribution in [3.63, 3.8) is 0 Å². The highest BCUT2D eigenvalue weighted by atomic mass is 16.5. The summed E-state index contributed by atoms with van der Waals surface area (Å²) in [4.78, 5) is 10.4. The monoisotopic (exact) mass is 166 g/mol. The van der Waals surface area contributed by atoms with Crippen LogP contribution in [0.1, 0.15) is 5.56 Å². The molecule has 4 N–H and O–H groups in total. The van der Waals surface area contributed by atoms with Gasteiger partial charge in [0.05, 0.1) is 0 Å². The largest absolute Gasteiger partial charge is 0.410 e. The maximum absolute atomic E-state index is 10.4. The van der Waals surface area contributed by atoms with Gasteiger partial charge >= 0.3 is 6.09 Å². The molecular weight excluding hydrogens is 156 g/mol. The van der Waals surface area contributed by atoms with Gasteiger partial charge < -0.3 is 16.2 Å². The molecule has 4 heteroatoms. The minimum Gasteiger partial charge on any atom is -0.410 e. The van der Waals surface area contributed by atoms with Crippen LogP contribution in [0, 0.1) is 6.92 Å². The topological polar surface area (TPSA) is 78.3 Å². The number of ether oxygens (including phenoxy) is 1. The van der Waals surface area contributed by atoms with Gasteiger partial charge in [0.15, 0.2) is 0 Å². The maximum atomic E-state index is 10.4. The molecule has 0 saturated carbocycles. The van der Waals surface area contributed by atoms with Crippen LogP contribution in [0.25, 0.3) is 0 Å². The number of primary amides is 1. The van der Waals surface area contributed by atoms with Gasteiger partial charge in [-0.15, -0.1) is 0 Å². The molecule has 0 bridgehead atoms. The molecular formula is C8H10N2O2. The van der Waals surface area contributed by atoms with Gasteiger partial charge in [-0.25, -0.2) is 4.79 Å². The first kappa shape index (κ1) is 8.39. The predicted octanol–water partition coefficient (Wildman–Crippen LogP) is 1.03. The molecule has 12 heavy (non-hydrogen) atoms.